The van der Waals surface area contributed by atoms with Crippen LogP contribution in [0.4, 0.5) is 17.6 Å². The molecule has 0 saturated heterocycles. The zero-order valence-electron chi connectivity index (χ0n) is 13.1. The van der Waals surface area contributed by atoms with Gasteiger partial charge < -0.3 is 4.74 Å². The van der Waals surface area contributed by atoms with Crippen LogP contribution in [0.25, 0.3) is 11.3 Å². The van der Waals surface area contributed by atoms with Crippen molar-refractivity contribution in [3.05, 3.63) is 40.8 Å². The number of aryl methyl sites for hydroxylation is 1. The maximum Gasteiger partial charge on any atom is 0.416 e. The van der Waals surface area contributed by atoms with Crippen LogP contribution in [0.15, 0.2) is 18.2 Å². The van der Waals surface area contributed by atoms with Crippen LogP contribution in [0.2, 0.25) is 0 Å². The van der Waals surface area contributed by atoms with E-state index in [0.29, 0.717) is 36.7 Å². The summed E-state index contributed by atoms with van der Waals surface area (Å²) >= 11 is 0. The number of alkyl halides is 3. The molecule has 0 spiro atoms. The van der Waals surface area contributed by atoms with Gasteiger partial charge >= 0.3 is 12.1 Å². The van der Waals surface area contributed by atoms with Crippen molar-refractivity contribution in [1.82, 2.24) is 10.2 Å². The molecule has 130 valence electrons. The van der Waals surface area contributed by atoms with Crippen LogP contribution in [0.1, 0.15) is 41.9 Å². The third-order valence-electron chi connectivity index (χ3n) is 3.37. The topological polar surface area (TPSA) is 55.0 Å². The number of rotatable bonds is 5. The molecule has 24 heavy (non-hydrogen) atoms. The van der Waals surface area contributed by atoms with Crippen LogP contribution < -0.4 is 0 Å². The number of nitrogens with zero attached hydrogens (tertiary/aromatic N) is 1. The molecule has 0 bridgehead atoms. The lowest BCUT2D eigenvalue weighted by molar-refractivity contribution is -0.137. The van der Waals surface area contributed by atoms with E-state index in [4.69, 9.17) is 4.74 Å². The fourth-order valence-electron chi connectivity index (χ4n) is 2.31. The summed E-state index contributed by atoms with van der Waals surface area (Å²) in [6, 6.07) is 1.99. The summed E-state index contributed by atoms with van der Waals surface area (Å²) in [5, 5.41) is 6.46. The molecule has 0 radical (unpaired) electrons. The average molecular weight is 344 g/mol. The first kappa shape index (κ1) is 18.0. The molecule has 0 saturated carbocycles. The quantitative estimate of drug-likeness (QED) is 0.647. The number of hydrogen-bond donors (Lipinski definition) is 1. The maximum absolute atomic E-state index is 14.1. The van der Waals surface area contributed by atoms with Crippen LogP contribution in [-0.2, 0) is 17.3 Å². The Balaban J connectivity index is 2.62. The molecule has 0 atom stereocenters. The van der Waals surface area contributed by atoms with Crippen LogP contribution >= 0.6 is 0 Å². The van der Waals surface area contributed by atoms with Gasteiger partial charge in [-0.3, -0.25) is 5.10 Å². The number of H-pyrrole nitrogens is 1. The highest BCUT2D eigenvalue weighted by atomic mass is 19.4. The van der Waals surface area contributed by atoms with E-state index in [-0.39, 0.29) is 17.9 Å². The second-order valence-corrected chi connectivity index (χ2v) is 5.09. The molecule has 2 aromatic rings. The largest absolute Gasteiger partial charge is 0.462 e. The number of hydrogen-bond acceptors (Lipinski definition) is 3. The Kier molecular flexibility index (Phi) is 5.26. The molecule has 4 nitrogen and oxygen atoms in total. The Labute approximate surface area is 135 Å². The molecule has 2 rings (SSSR count). The number of carbonyl (C=O) groups is 1. The monoisotopic (exact) mass is 344 g/mol. The number of esters is 1. The lowest BCUT2D eigenvalue weighted by atomic mass is 10.0. The van der Waals surface area contributed by atoms with Gasteiger partial charge in [-0.05, 0) is 31.5 Å². The van der Waals surface area contributed by atoms with E-state index in [1.165, 1.54) is 0 Å². The Morgan fingerprint density at radius 3 is 2.58 bits per heavy atom. The minimum atomic E-state index is -4.63. The first-order valence-electron chi connectivity index (χ1n) is 7.41. The molecule has 0 aliphatic rings. The summed E-state index contributed by atoms with van der Waals surface area (Å²) in [5.41, 5.74) is -1.22. The summed E-state index contributed by atoms with van der Waals surface area (Å²) in [6.45, 7) is 3.54. The van der Waals surface area contributed by atoms with Gasteiger partial charge in [0.2, 0.25) is 0 Å². The van der Waals surface area contributed by atoms with Crippen LogP contribution in [0.5, 0.6) is 0 Å². The Morgan fingerprint density at radius 2 is 2.00 bits per heavy atom. The summed E-state index contributed by atoms with van der Waals surface area (Å²) in [5.74, 6) is -1.65. The number of nitrogens with one attached hydrogen (secondary N) is 1. The SMILES string of the molecule is CCCc1[nH]nc(-c2cc(C(F)(F)F)ccc2F)c1C(=O)OCC. The summed E-state index contributed by atoms with van der Waals surface area (Å²) in [6.07, 6.45) is -3.53. The van der Waals surface area contributed by atoms with Gasteiger partial charge in [0.25, 0.3) is 0 Å². The van der Waals surface area contributed by atoms with E-state index in [9.17, 15) is 22.4 Å². The Bertz CT molecular complexity index is 738. The second-order valence-electron chi connectivity index (χ2n) is 5.09. The first-order chi connectivity index (χ1) is 11.3. The van der Waals surface area contributed by atoms with Crippen molar-refractivity contribution in [2.45, 2.75) is 32.9 Å². The molecule has 0 amide bonds. The smallest absolute Gasteiger partial charge is 0.416 e. The second kappa shape index (κ2) is 7.02. The lowest BCUT2D eigenvalue weighted by Gasteiger charge is -2.10. The normalized spacial score (nSPS) is 11.6. The predicted octanol–water partition coefficient (Wildman–Crippen LogP) is 4.36. The third-order valence-corrected chi connectivity index (χ3v) is 3.37. The standard InChI is InChI=1S/C16H16F4N2O2/c1-3-5-12-13(15(23)24-4-2)14(22-21-12)10-8-9(16(18,19)20)6-7-11(10)17/h6-8H,3-5H2,1-2H3,(H,21,22). The van der Waals surface area contributed by atoms with Crippen molar-refractivity contribution in [2.75, 3.05) is 6.61 Å². The van der Waals surface area contributed by atoms with Crippen molar-refractivity contribution < 1.29 is 27.1 Å². The van der Waals surface area contributed by atoms with Crippen molar-refractivity contribution in [3.63, 3.8) is 0 Å². The van der Waals surface area contributed by atoms with Gasteiger partial charge in [0, 0.05) is 5.56 Å². The molecule has 8 heteroatoms. The van der Waals surface area contributed by atoms with Crippen molar-refractivity contribution in [2.24, 2.45) is 0 Å². The van der Waals surface area contributed by atoms with Gasteiger partial charge in [0.05, 0.1) is 17.9 Å². The molecule has 0 unspecified atom stereocenters. The van der Waals surface area contributed by atoms with Gasteiger partial charge in [0.1, 0.15) is 17.1 Å². The molecule has 0 fully saturated rings. The number of benzene rings is 1. The Hall–Kier alpha value is -2.38. The predicted molar refractivity (Wildman–Crippen MR) is 78.9 cm³/mol. The van der Waals surface area contributed by atoms with Gasteiger partial charge in [-0.1, -0.05) is 13.3 Å². The molecule has 1 heterocycles. The minimum absolute atomic E-state index is 0.0306. The molecular weight excluding hydrogens is 328 g/mol. The number of aromatic nitrogens is 2. The van der Waals surface area contributed by atoms with Gasteiger partial charge in [-0.15, -0.1) is 0 Å². The lowest BCUT2D eigenvalue weighted by Crippen LogP contribution is -2.09. The van der Waals surface area contributed by atoms with Crippen LogP contribution in [0.3, 0.4) is 0 Å². The van der Waals surface area contributed by atoms with E-state index in [1.54, 1.807) is 6.92 Å². The maximum atomic E-state index is 14.1. The van der Waals surface area contributed by atoms with Crippen molar-refractivity contribution >= 4 is 5.97 Å². The third kappa shape index (κ3) is 3.58. The van der Waals surface area contributed by atoms with Crippen molar-refractivity contribution in [1.29, 1.82) is 0 Å². The average Bonchev–Trinajstić information content (AvgIpc) is 2.91. The summed E-state index contributed by atoms with van der Waals surface area (Å²) in [7, 11) is 0. The van der Waals surface area contributed by atoms with Crippen LogP contribution in [-0.4, -0.2) is 22.8 Å². The fraction of sp³-hybridized carbons (Fsp3) is 0.375. The van der Waals surface area contributed by atoms with Crippen molar-refractivity contribution in [3.8, 4) is 11.3 Å². The van der Waals surface area contributed by atoms with Gasteiger partial charge in [-0.25, -0.2) is 9.18 Å². The van der Waals surface area contributed by atoms with E-state index in [1.807, 2.05) is 6.92 Å². The van der Waals surface area contributed by atoms with Crippen LogP contribution in [0, 0.1) is 5.82 Å². The number of halogens is 4. The van der Waals surface area contributed by atoms with E-state index in [0.717, 1.165) is 0 Å². The first-order valence-corrected chi connectivity index (χ1v) is 7.41. The van der Waals surface area contributed by atoms with E-state index < -0.39 is 29.1 Å². The highest BCUT2D eigenvalue weighted by Crippen LogP contribution is 2.34. The summed E-state index contributed by atoms with van der Waals surface area (Å²) in [4.78, 5) is 12.2. The zero-order valence-corrected chi connectivity index (χ0v) is 13.1. The molecule has 0 aliphatic heterocycles. The molecule has 1 N–H and O–H groups in total. The molecule has 1 aromatic heterocycles. The highest BCUT2D eigenvalue weighted by molar-refractivity contribution is 5.97. The Morgan fingerprint density at radius 1 is 1.29 bits per heavy atom. The number of ether oxygens (including phenoxy) is 1. The minimum Gasteiger partial charge on any atom is -0.462 e. The van der Waals surface area contributed by atoms with E-state index >= 15 is 0 Å². The number of carbonyl (C=O) groups excluding carboxylic acids is 1. The molecular formula is C16H16F4N2O2. The zero-order chi connectivity index (χ0) is 17.9. The highest BCUT2D eigenvalue weighted by Gasteiger charge is 2.32. The molecule has 0 aliphatic carbocycles. The van der Waals surface area contributed by atoms with Gasteiger partial charge in [-0.2, -0.15) is 18.3 Å². The summed E-state index contributed by atoms with van der Waals surface area (Å²) < 4.78 is 57.7. The molecule has 1 aromatic carbocycles. The number of aromatic amines is 1. The van der Waals surface area contributed by atoms with Gasteiger partial charge in [0.15, 0.2) is 0 Å². The fourth-order valence-corrected chi connectivity index (χ4v) is 2.31. The van der Waals surface area contributed by atoms with E-state index in [2.05, 4.69) is 10.2 Å².